The van der Waals surface area contributed by atoms with Crippen LogP contribution in [0.4, 0.5) is 18.9 Å². The number of anilines is 1. The van der Waals surface area contributed by atoms with Gasteiger partial charge in [0.15, 0.2) is 5.82 Å². The van der Waals surface area contributed by atoms with Gasteiger partial charge in [0.05, 0.1) is 16.8 Å². The zero-order chi connectivity index (χ0) is 15.5. The van der Waals surface area contributed by atoms with Gasteiger partial charge in [0, 0.05) is 13.0 Å². The quantitative estimate of drug-likeness (QED) is 0.939. The average Bonchev–Trinajstić information content (AvgIpc) is 2.83. The number of nitriles is 1. The molecular weight excluding hydrogens is 285 g/mol. The van der Waals surface area contributed by atoms with Gasteiger partial charge in [0.2, 0.25) is 5.89 Å². The van der Waals surface area contributed by atoms with Crippen LogP contribution < -0.4 is 5.32 Å². The van der Waals surface area contributed by atoms with E-state index in [0.29, 0.717) is 30.4 Å². The predicted octanol–water partition coefficient (Wildman–Crippen LogP) is 2.92. The van der Waals surface area contributed by atoms with E-state index in [1.807, 2.05) is 0 Å². The van der Waals surface area contributed by atoms with Gasteiger partial charge in [-0.25, -0.2) is 0 Å². The minimum absolute atomic E-state index is 0.0634. The number of rotatable bonds is 4. The van der Waals surface area contributed by atoms with Gasteiger partial charge in [-0.2, -0.15) is 23.4 Å². The lowest BCUT2D eigenvalue weighted by Crippen LogP contribution is -2.09. The minimum atomic E-state index is -4.47. The summed E-state index contributed by atoms with van der Waals surface area (Å²) in [5.74, 6) is 0.933. The molecule has 8 heteroatoms. The van der Waals surface area contributed by atoms with Crippen LogP contribution >= 0.6 is 0 Å². The Labute approximate surface area is 118 Å². The van der Waals surface area contributed by atoms with Crippen LogP contribution in [0.2, 0.25) is 0 Å². The standard InChI is InChI=1S/C13H11F3N4O/c1-8-19-12(21-20-8)4-5-18-11-3-2-10(13(14,15)16)6-9(11)7-17/h2-3,6,18H,4-5H2,1H3. The summed E-state index contributed by atoms with van der Waals surface area (Å²) in [6.07, 6.45) is -4.06. The fourth-order valence-corrected chi connectivity index (χ4v) is 1.71. The van der Waals surface area contributed by atoms with Crippen molar-refractivity contribution in [1.82, 2.24) is 10.1 Å². The molecule has 5 nitrogen and oxygen atoms in total. The molecule has 0 fully saturated rings. The maximum absolute atomic E-state index is 12.6. The molecule has 1 aromatic carbocycles. The summed E-state index contributed by atoms with van der Waals surface area (Å²) in [5.41, 5.74) is -0.578. The number of aromatic nitrogens is 2. The van der Waals surface area contributed by atoms with E-state index in [1.165, 1.54) is 6.07 Å². The molecule has 2 rings (SSSR count). The highest BCUT2D eigenvalue weighted by Gasteiger charge is 2.31. The molecule has 0 saturated carbocycles. The molecule has 110 valence electrons. The van der Waals surface area contributed by atoms with Gasteiger partial charge < -0.3 is 9.84 Å². The summed E-state index contributed by atoms with van der Waals surface area (Å²) >= 11 is 0. The molecule has 2 aromatic rings. The van der Waals surface area contributed by atoms with Crippen molar-refractivity contribution < 1.29 is 17.7 Å². The van der Waals surface area contributed by atoms with Crippen LogP contribution in [0.1, 0.15) is 22.8 Å². The Bertz CT molecular complexity index is 673. The highest BCUT2D eigenvalue weighted by atomic mass is 19.4. The lowest BCUT2D eigenvalue weighted by atomic mass is 10.1. The van der Waals surface area contributed by atoms with Crippen molar-refractivity contribution in [3.8, 4) is 6.07 Å². The van der Waals surface area contributed by atoms with E-state index in [2.05, 4.69) is 15.5 Å². The molecule has 0 atom stereocenters. The Morgan fingerprint density at radius 1 is 1.38 bits per heavy atom. The molecule has 0 unspecified atom stereocenters. The fourth-order valence-electron chi connectivity index (χ4n) is 1.71. The van der Waals surface area contributed by atoms with E-state index in [4.69, 9.17) is 9.78 Å². The third-order valence-electron chi connectivity index (χ3n) is 2.69. The van der Waals surface area contributed by atoms with E-state index in [-0.39, 0.29) is 5.56 Å². The molecule has 0 aliphatic heterocycles. The van der Waals surface area contributed by atoms with Crippen molar-refractivity contribution in [3.05, 3.63) is 41.0 Å². The first-order chi connectivity index (χ1) is 9.90. The third kappa shape index (κ3) is 3.72. The number of alkyl halides is 3. The number of nitrogens with zero attached hydrogens (tertiary/aromatic N) is 3. The Morgan fingerprint density at radius 2 is 2.14 bits per heavy atom. The lowest BCUT2D eigenvalue weighted by Gasteiger charge is -2.11. The zero-order valence-corrected chi connectivity index (χ0v) is 11.0. The first kappa shape index (κ1) is 14.8. The molecule has 0 bridgehead atoms. The number of hydrogen-bond acceptors (Lipinski definition) is 5. The van der Waals surface area contributed by atoms with Gasteiger partial charge in [-0.05, 0) is 25.1 Å². The third-order valence-corrected chi connectivity index (χ3v) is 2.69. The van der Waals surface area contributed by atoms with Crippen LogP contribution in [0, 0.1) is 18.3 Å². The van der Waals surface area contributed by atoms with Gasteiger partial charge in [-0.3, -0.25) is 0 Å². The second kappa shape index (κ2) is 5.83. The largest absolute Gasteiger partial charge is 0.416 e. The van der Waals surface area contributed by atoms with Gasteiger partial charge in [-0.1, -0.05) is 5.16 Å². The van der Waals surface area contributed by atoms with Crippen LogP contribution in [-0.4, -0.2) is 16.7 Å². The Hall–Kier alpha value is -2.56. The van der Waals surface area contributed by atoms with E-state index in [9.17, 15) is 13.2 Å². The van der Waals surface area contributed by atoms with Crippen molar-refractivity contribution >= 4 is 5.69 Å². The fraction of sp³-hybridized carbons (Fsp3) is 0.308. The molecular formula is C13H11F3N4O. The summed E-state index contributed by atoms with van der Waals surface area (Å²) in [4.78, 5) is 4.00. The number of aryl methyl sites for hydroxylation is 1. The molecule has 0 radical (unpaired) electrons. The van der Waals surface area contributed by atoms with Crippen molar-refractivity contribution in [2.75, 3.05) is 11.9 Å². The van der Waals surface area contributed by atoms with Crippen LogP contribution in [0.25, 0.3) is 0 Å². The molecule has 0 aliphatic carbocycles. The highest BCUT2D eigenvalue weighted by molar-refractivity contribution is 5.59. The molecule has 1 aromatic heterocycles. The summed E-state index contributed by atoms with van der Waals surface area (Å²) in [6.45, 7) is 2.05. The van der Waals surface area contributed by atoms with E-state index >= 15 is 0 Å². The molecule has 0 aliphatic rings. The molecule has 1 N–H and O–H groups in total. The molecule has 1 heterocycles. The van der Waals surface area contributed by atoms with Crippen LogP contribution in [0.3, 0.4) is 0 Å². The molecule has 0 saturated heterocycles. The summed E-state index contributed by atoms with van der Waals surface area (Å²) in [6, 6.07) is 4.73. The smallest absolute Gasteiger partial charge is 0.383 e. The van der Waals surface area contributed by atoms with Crippen molar-refractivity contribution in [3.63, 3.8) is 0 Å². The predicted molar refractivity (Wildman–Crippen MR) is 67.4 cm³/mol. The van der Waals surface area contributed by atoms with Crippen LogP contribution in [-0.2, 0) is 12.6 Å². The van der Waals surface area contributed by atoms with Gasteiger partial charge in [0.25, 0.3) is 0 Å². The second-order valence-corrected chi connectivity index (χ2v) is 4.28. The molecule has 21 heavy (non-hydrogen) atoms. The van der Waals surface area contributed by atoms with Crippen molar-refractivity contribution in [1.29, 1.82) is 5.26 Å². The highest BCUT2D eigenvalue weighted by Crippen LogP contribution is 2.31. The second-order valence-electron chi connectivity index (χ2n) is 4.28. The number of hydrogen-bond donors (Lipinski definition) is 1. The minimum Gasteiger partial charge on any atom is -0.383 e. The van der Waals surface area contributed by atoms with E-state index < -0.39 is 11.7 Å². The Balaban J connectivity index is 2.05. The number of halogens is 3. The molecule has 0 amide bonds. The monoisotopic (exact) mass is 296 g/mol. The maximum atomic E-state index is 12.6. The van der Waals surface area contributed by atoms with E-state index in [0.717, 1.165) is 12.1 Å². The molecule has 0 spiro atoms. The average molecular weight is 296 g/mol. The summed E-state index contributed by atoms with van der Waals surface area (Å²) in [5, 5.41) is 15.4. The number of benzene rings is 1. The SMILES string of the molecule is Cc1noc(CCNc2ccc(C(F)(F)F)cc2C#N)n1. The number of nitrogens with one attached hydrogen (secondary N) is 1. The zero-order valence-electron chi connectivity index (χ0n) is 11.0. The van der Waals surface area contributed by atoms with Crippen LogP contribution in [0.5, 0.6) is 0 Å². The maximum Gasteiger partial charge on any atom is 0.416 e. The summed E-state index contributed by atoms with van der Waals surface area (Å²) < 4.78 is 42.6. The van der Waals surface area contributed by atoms with Crippen molar-refractivity contribution in [2.24, 2.45) is 0 Å². The van der Waals surface area contributed by atoms with Crippen LogP contribution in [0.15, 0.2) is 22.7 Å². The first-order valence-electron chi connectivity index (χ1n) is 6.04. The lowest BCUT2D eigenvalue weighted by molar-refractivity contribution is -0.137. The normalized spacial score (nSPS) is 11.2. The van der Waals surface area contributed by atoms with Gasteiger partial charge >= 0.3 is 6.18 Å². The summed E-state index contributed by atoms with van der Waals surface area (Å²) in [7, 11) is 0. The van der Waals surface area contributed by atoms with E-state index in [1.54, 1.807) is 13.0 Å². The van der Waals surface area contributed by atoms with Crippen molar-refractivity contribution in [2.45, 2.75) is 19.5 Å². The Kier molecular flexibility index (Phi) is 4.12. The van der Waals surface area contributed by atoms with Gasteiger partial charge in [-0.15, -0.1) is 0 Å². The topological polar surface area (TPSA) is 74.7 Å². The Morgan fingerprint density at radius 3 is 2.71 bits per heavy atom. The van der Waals surface area contributed by atoms with Gasteiger partial charge in [0.1, 0.15) is 6.07 Å². The first-order valence-corrected chi connectivity index (χ1v) is 6.04.